The number of benzene rings is 1. The second-order valence-corrected chi connectivity index (χ2v) is 8.37. The number of hydrogen-bond donors (Lipinski definition) is 2. The van der Waals surface area contributed by atoms with Gasteiger partial charge in [0.15, 0.2) is 17.0 Å². The molecule has 3 aromatic heterocycles. The Labute approximate surface area is 186 Å². The molecule has 0 radical (unpaired) electrons. The molecule has 0 unspecified atom stereocenters. The quantitative estimate of drug-likeness (QED) is 0.433. The molecule has 0 aliphatic carbocycles. The molecule has 0 saturated carbocycles. The van der Waals surface area contributed by atoms with Crippen LogP contribution in [0.1, 0.15) is 26.3 Å². The summed E-state index contributed by atoms with van der Waals surface area (Å²) in [5.41, 5.74) is 1.56. The standard InChI is InChI=1S/C23H26N8O/c1-5-13-30-19-17(26-22(30)31-14-9-12-25-31)18(27-20(32)23(2,3)4)28-21(29-19)24-15-16-10-7-6-8-11-16/h5-12,14H,1,13,15H2,2-4H3,(H2,24,27,28,29,32). The van der Waals surface area contributed by atoms with Crippen LogP contribution in [0.3, 0.4) is 0 Å². The van der Waals surface area contributed by atoms with Gasteiger partial charge in [-0.05, 0) is 11.6 Å². The van der Waals surface area contributed by atoms with E-state index in [1.165, 1.54) is 0 Å². The smallest absolute Gasteiger partial charge is 0.233 e. The molecule has 1 amide bonds. The van der Waals surface area contributed by atoms with Gasteiger partial charge in [0.05, 0.1) is 0 Å². The van der Waals surface area contributed by atoms with E-state index in [2.05, 4.69) is 27.3 Å². The Hall–Kier alpha value is -4.01. The van der Waals surface area contributed by atoms with Gasteiger partial charge in [0.2, 0.25) is 17.8 Å². The Morgan fingerprint density at radius 2 is 1.91 bits per heavy atom. The van der Waals surface area contributed by atoms with Crippen molar-refractivity contribution in [2.24, 2.45) is 5.41 Å². The van der Waals surface area contributed by atoms with Crippen molar-refractivity contribution in [3.8, 4) is 5.95 Å². The Morgan fingerprint density at radius 3 is 2.56 bits per heavy atom. The first kappa shape index (κ1) is 21.2. The highest BCUT2D eigenvalue weighted by Crippen LogP contribution is 2.26. The molecule has 0 saturated heterocycles. The van der Waals surface area contributed by atoms with Crippen LogP contribution in [-0.2, 0) is 17.9 Å². The van der Waals surface area contributed by atoms with Gasteiger partial charge in [-0.1, -0.05) is 57.2 Å². The number of aromatic nitrogens is 6. The van der Waals surface area contributed by atoms with Gasteiger partial charge in [-0.2, -0.15) is 15.1 Å². The number of nitrogens with one attached hydrogen (secondary N) is 2. The maximum Gasteiger partial charge on any atom is 0.233 e. The number of nitrogens with zero attached hydrogens (tertiary/aromatic N) is 6. The molecule has 0 bridgehead atoms. The van der Waals surface area contributed by atoms with Crippen molar-refractivity contribution in [3.05, 3.63) is 67.0 Å². The minimum atomic E-state index is -0.594. The lowest BCUT2D eigenvalue weighted by Gasteiger charge is -2.17. The van der Waals surface area contributed by atoms with Crippen LogP contribution in [0, 0.1) is 5.41 Å². The largest absolute Gasteiger partial charge is 0.350 e. The number of allylic oxidation sites excluding steroid dienone is 1. The predicted octanol–water partition coefficient (Wildman–Crippen LogP) is 3.79. The van der Waals surface area contributed by atoms with E-state index in [-0.39, 0.29) is 5.91 Å². The third-order valence-electron chi connectivity index (χ3n) is 4.80. The van der Waals surface area contributed by atoms with Gasteiger partial charge in [-0.3, -0.25) is 9.36 Å². The van der Waals surface area contributed by atoms with Gasteiger partial charge in [0, 0.05) is 30.9 Å². The van der Waals surface area contributed by atoms with E-state index in [1.54, 1.807) is 23.2 Å². The van der Waals surface area contributed by atoms with Crippen LogP contribution in [0.15, 0.2) is 61.4 Å². The Morgan fingerprint density at radius 1 is 1.12 bits per heavy atom. The maximum atomic E-state index is 12.8. The van der Waals surface area contributed by atoms with Gasteiger partial charge in [0.25, 0.3) is 0 Å². The van der Waals surface area contributed by atoms with E-state index in [1.807, 2.05) is 61.7 Å². The summed E-state index contributed by atoms with van der Waals surface area (Å²) in [5.74, 6) is 1.14. The van der Waals surface area contributed by atoms with E-state index in [0.717, 1.165) is 5.56 Å². The first-order valence-corrected chi connectivity index (χ1v) is 10.4. The van der Waals surface area contributed by atoms with Crippen molar-refractivity contribution >= 4 is 28.8 Å². The summed E-state index contributed by atoms with van der Waals surface area (Å²) in [6.45, 7) is 10.4. The molecule has 164 valence electrons. The second kappa shape index (κ2) is 8.62. The Balaban J connectivity index is 1.82. The first-order valence-electron chi connectivity index (χ1n) is 10.4. The normalized spacial score (nSPS) is 11.5. The molecule has 0 spiro atoms. The maximum absolute atomic E-state index is 12.8. The van der Waals surface area contributed by atoms with Crippen LogP contribution in [-0.4, -0.2) is 35.2 Å². The summed E-state index contributed by atoms with van der Waals surface area (Å²) in [7, 11) is 0. The fraction of sp³-hybridized carbons (Fsp3) is 0.261. The van der Waals surface area contributed by atoms with Gasteiger partial charge in [-0.25, -0.2) is 9.67 Å². The zero-order chi connectivity index (χ0) is 22.7. The third kappa shape index (κ3) is 4.36. The van der Waals surface area contributed by atoms with Crippen molar-refractivity contribution in [1.82, 2.24) is 29.3 Å². The fourth-order valence-electron chi connectivity index (χ4n) is 3.09. The van der Waals surface area contributed by atoms with E-state index >= 15 is 0 Å². The lowest BCUT2D eigenvalue weighted by molar-refractivity contribution is -0.123. The molecule has 3 heterocycles. The number of hydrogen-bond acceptors (Lipinski definition) is 6. The van der Waals surface area contributed by atoms with Crippen LogP contribution in [0.5, 0.6) is 0 Å². The topological polar surface area (TPSA) is 103 Å². The molecule has 1 aromatic carbocycles. The summed E-state index contributed by atoms with van der Waals surface area (Å²) in [6.07, 6.45) is 5.25. The minimum Gasteiger partial charge on any atom is -0.350 e. The highest BCUT2D eigenvalue weighted by molar-refractivity contribution is 6.00. The van der Waals surface area contributed by atoms with Crippen LogP contribution >= 0.6 is 0 Å². The van der Waals surface area contributed by atoms with Gasteiger partial charge in [-0.15, -0.1) is 6.58 Å². The highest BCUT2D eigenvalue weighted by Gasteiger charge is 2.25. The van der Waals surface area contributed by atoms with Crippen molar-refractivity contribution < 1.29 is 4.79 Å². The lowest BCUT2D eigenvalue weighted by atomic mass is 9.96. The lowest BCUT2D eigenvalue weighted by Crippen LogP contribution is -2.28. The van der Waals surface area contributed by atoms with E-state index in [0.29, 0.717) is 42.0 Å². The first-order chi connectivity index (χ1) is 15.4. The van der Waals surface area contributed by atoms with Gasteiger partial charge in [0.1, 0.15) is 0 Å². The SMILES string of the molecule is C=CCn1c(-n2cccn2)nc2c(NC(=O)C(C)(C)C)nc(NCc3ccccc3)nc21. The minimum absolute atomic E-state index is 0.162. The van der Waals surface area contributed by atoms with Gasteiger partial charge >= 0.3 is 0 Å². The fourth-order valence-corrected chi connectivity index (χ4v) is 3.09. The van der Waals surface area contributed by atoms with Crippen molar-refractivity contribution in [3.63, 3.8) is 0 Å². The number of carbonyl (C=O) groups excluding carboxylic acids is 1. The van der Waals surface area contributed by atoms with Crippen LogP contribution < -0.4 is 10.6 Å². The van der Waals surface area contributed by atoms with E-state index in [4.69, 9.17) is 9.97 Å². The van der Waals surface area contributed by atoms with E-state index in [9.17, 15) is 4.79 Å². The number of fused-ring (bicyclic) bond motifs is 1. The molecule has 2 N–H and O–H groups in total. The van der Waals surface area contributed by atoms with Crippen LogP contribution in [0.2, 0.25) is 0 Å². The average molecular weight is 431 g/mol. The second-order valence-electron chi connectivity index (χ2n) is 8.37. The van der Waals surface area contributed by atoms with Crippen LogP contribution in [0.4, 0.5) is 11.8 Å². The molecular weight excluding hydrogens is 404 g/mol. The van der Waals surface area contributed by atoms with Gasteiger partial charge < -0.3 is 10.6 Å². The number of carbonyl (C=O) groups is 1. The molecule has 9 nitrogen and oxygen atoms in total. The summed E-state index contributed by atoms with van der Waals surface area (Å²) < 4.78 is 3.54. The van der Waals surface area contributed by atoms with Crippen molar-refractivity contribution in [1.29, 1.82) is 0 Å². The number of rotatable bonds is 7. The molecule has 9 heteroatoms. The van der Waals surface area contributed by atoms with Crippen molar-refractivity contribution in [2.45, 2.75) is 33.9 Å². The summed E-state index contributed by atoms with van der Waals surface area (Å²) in [4.78, 5) is 26.8. The molecule has 0 aliphatic rings. The molecule has 4 aromatic rings. The number of amides is 1. The molecule has 32 heavy (non-hydrogen) atoms. The molecule has 4 rings (SSSR count). The van der Waals surface area contributed by atoms with Crippen LogP contribution in [0.25, 0.3) is 17.1 Å². The monoisotopic (exact) mass is 430 g/mol. The Bertz CT molecular complexity index is 1240. The summed E-state index contributed by atoms with van der Waals surface area (Å²) in [6, 6.07) is 11.8. The molecule has 0 atom stereocenters. The zero-order valence-electron chi connectivity index (χ0n) is 18.4. The number of anilines is 2. The number of imidazole rings is 1. The Kier molecular flexibility index (Phi) is 5.72. The molecule has 0 fully saturated rings. The zero-order valence-corrected chi connectivity index (χ0v) is 18.4. The molecular formula is C23H26N8O. The van der Waals surface area contributed by atoms with Crippen molar-refractivity contribution in [2.75, 3.05) is 10.6 Å². The highest BCUT2D eigenvalue weighted by atomic mass is 16.2. The summed E-state index contributed by atoms with van der Waals surface area (Å²) in [5, 5.41) is 10.5. The average Bonchev–Trinajstić information content (AvgIpc) is 3.41. The van der Waals surface area contributed by atoms with E-state index < -0.39 is 5.41 Å². The third-order valence-corrected chi connectivity index (χ3v) is 4.80. The molecule has 0 aliphatic heterocycles. The predicted molar refractivity (Wildman–Crippen MR) is 124 cm³/mol. The summed E-state index contributed by atoms with van der Waals surface area (Å²) >= 11 is 0.